The highest BCUT2D eigenvalue weighted by Gasteiger charge is 2.30. The fraction of sp³-hybridized carbons (Fsp3) is 0.259. The lowest BCUT2D eigenvalue weighted by atomic mass is 10.1. The Morgan fingerprint density at radius 1 is 0.949 bits per heavy atom. The van der Waals surface area contributed by atoms with Crippen molar-refractivity contribution in [3.8, 4) is 11.5 Å². The molecule has 3 aromatic carbocycles. The van der Waals surface area contributed by atoms with Crippen LogP contribution in [0.2, 0.25) is 0 Å². The van der Waals surface area contributed by atoms with Gasteiger partial charge in [0.2, 0.25) is 15.9 Å². The summed E-state index contributed by atoms with van der Waals surface area (Å²) in [5.41, 5.74) is 0.988. The van der Waals surface area contributed by atoms with Crippen LogP contribution in [0.15, 0.2) is 60.7 Å². The predicted octanol–water partition coefficient (Wildman–Crippen LogP) is 3.75. The molecule has 0 aliphatic rings. The maximum Gasteiger partial charge on any atom is 0.253 e. The van der Waals surface area contributed by atoms with Crippen molar-refractivity contribution in [2.24, 2.45) is 0 Å². The van der Waals surface area contributed by atoms with E-state index >= 15 is 0 Å². The second-order valence-electron chi connectivity index (χ2n) is 8.56. The summed E-state index contributed by atoms with van der Waals surface area (Å²) in [6, 6.07) is 12.8. The zero-order valence-corrected chi connectivity index (χ0v) is 22.6. The first-order chi connectivity index (χ1) is 18.5. The predicted molar refractivity (Wildman–Crippen MR) is 144 cm³/mol. The maximum absolute atomic E-state index is 13.8. The van der Waals surface area contributed by atoms with Crippen LogP contribution in [0.25, 0.3) is 0 Å². The normalized spacial score (nSPS) is 11.8. The number of sulfonamides is 1. The van der Waals surface area contributed by atoms with Crippen LogP contribution in [0.1, 0.15) is 22.8 Å². The minimum Gasteiger partial charge on any atom is -0.493 e. The van der Waals surface area contributed by atoms with E-state index in [1.807, 2.05) is 6.07 Å². The van der Waals surface area contributed by atoms with Gasteiger partial charge in [0.05, 0.1) is 37.4 Å². The van der Waals surface area contributed by atoms with Crippen molar-refractivity contribution in [3.63, 3.8) is 0 Å². The minimum atomic E-state index is -4.07. The highest BCUT2D eigenvalue weighted by Crippen LogP contribution is 2.28. The van der Waals surface area contributed by atoms with Gasteiger partial charge in [-0.25, -0.2) is 17.2 Å². The first kappa shape index (κ1) is 29.4. The van der Waals surface area contributed by atoms with Crippen LogP contribution < -0.4 is 24.4 Å². The van der Waals surface area contributed by atoms with Gasteiger partial charge in [-0.1, -0.05) is 18.2 Å². The molecule has 0 unspecified atom stereocenters. The topological polar surface area (TPSA) is 114 Å². The molecule has 1 atom stereocenters. The highest BCUT2D eigenvalue weighted by atomic mass is 32.2. The highest BCUT2D eigenvalue weighted by molar-refractivity contribution is 7.92. The number of halogens is 2. The van der Waals surface area contributed by atoms with Crippen molar-refractivity contribution in [3.05, 3.63) is 83.4 Å². The van der Waals surface area contributed by atoms with Crippen LogP contribution >= 0.6 is 0 Å². The summed E-state index contributed by atoms with van der Waals surface area (Å²) < 4.78 is 63.3. The number of methoxy groups -OCH3 is 2. The molecule has 0 aliphatic heterocycles. The fourth-order valence-electron chi connectivity index (χ4n) is 3.91. The van der Waals surface area contributed by atoms with Gasteiger partial charge in [0.15, 0.2) is 23.1 Å². The number of ether oxygens (including phenoxy) is 2. The molecule has 3 aromatic rings. The lowest BCUT2D eigenvalue weighted by molar-refractivity contribution is -0.116. The van der Waals surface area contributed by atoms with Gasteiger partial charge in [0, 0.05) is 12.6 Å². The van der Waals surface area contributed by atoms with Gasteiger partial charge >= 0.3 is 0 Å². The quantitative estimate of drug-likeness (QED) is 0.369. The van der Waals surface area contributed by atoms with Gasteiger partial charge < -0.3 is 20.1 Å². The van der Waals surface area contributed by atoms with Gasteiger partial charge in [-0.05, 0) is 55.3 Å². The maximum atomic E-state index is 13.8. The third kappa shape index (κ3) is 7.23. The largest absolute Gasteiger partial charge is 0.493 e. The number of rotatable bonds is 11. The third-order valence-electron chi connectivity index (χ3n) is 5.82. The Bertz CT molecular complexity index is 1470. The molecule has 0 fully saturated rings. The number of hydrogen-bond acceptors (Lipinski definition) is 6. The first-order valence-electron chi connectivity index (χ1n) is 11.8. The number of para-hydroxylation sites is 1. The Morgan fingerprint density at radius 3 is 2.28 bits per heavy atom. The standard InChI is InChI=1S/C27H29F2N3O6S/c1-17(32(39(4,35)36)19-10-11-21(28)22(29)16-19)26(33)31-23-8-6-5-7-20(23)27(34)30-14-13-18-9-12-24(37-2)25(15-18)38-3/h5-12,15-17H,13-14H2,1-4H3,(H,30,34)(H,31,33)/t17-/m1/s1. The smallest absolute Gasteiger partial charge is 0.253 e. The molecule has 3 rings (SSSR count). The molecule has 0 aliphatic carbocycles. The van der Waals surface area contributed by atoms with Gasteiger partial charge in [0.25, 0.3) is 5.91 Å². The van der Waals surface area contributed by atoms with Crippen LogP contribution in [-0.4, -0.2) is 53.3 Å². The Balaban J connectivity index is 1.73. The number of carbonyl (C=O) groups excluding carboxylic acids is 2. The van der Waals surface area contributed by atoms with E-state index in [-0.39, 0.29) is 23.5 Å². The lowest BCUT2D eigenvalue weighted by Gasteiger charge is -2.28. The number of hydrogen-bond donors (Lipinski definition) is 2. The van der Waals surface area contributed by atoms with E-state index in [2.05, 4.69) is 10.6 Å². The monoisotopic (exact) mass is 561 g/mol. The van der Waals surface area contributed by atoms with Crippen LogP contribution in [0.5, 0.6) is 11.5 Å². The third-order valence-corrected chi connectivity index (χ3v) is 7.06. The van der Waals surface area contributed by atoms with E-state index in [0.29, 0.717) is 28.3 Å². The van der Waals surface area contributed by atoms with Crippen LogP contribution in [0.4, 0.5) is 20.2 Å². The van der Waals surface area contributed by atoms with Gasteiger partial charge in [-0.3, -0.25) is 13.9 Å². The van der Waals surface area contributed by atoms with E-state index in [0.717, 1.165) is 24.0 Å². The average Bonchev–Trinajstić information content (AvgIpc) is 2.90. The Hall–Kier alpha value is -4.19. The molecule has 0 bridgehead atoms. The van der Waals surface area contributed by atoms with Crippen LogP contribution in [0.3, 0.4) is 0 Å². The summed E-state index contributed by atoms with van der Waals surface area (Å²) in [6.07, 6.45) is 1.34. The molecule has 12 heteroatoms. The number of anilines is 2. The summed E-state index contributed by atoms with van der Waals surface area (Å²) >= 11 is 0. The van der Waals surface area contributed by atoms with Gasteiger partial charge in [-0.2, -0.15) is 0 Å². The Kier molecular flexibility index (Phi) is 9.47. The molecule has 2 N–H and O–H groups in total. The molecular weight excluding hydrogens is 532 g/mol. The van der Waals surface area contributed by atoms with Crippen molar-refractivity contribution in [2.75, 3.05) is 36.6 Å². The summed E-state index contributed by atoms with van der Waals surface area (Å²) in [7, 11) is -1.00. The van der Waals surface area contributed by atoms with E-state index < -0.39 is 39.5 Å². The average molecular weight is 562 g/mol. The molecule has 0 heterocycles. The van der Waals surface area contributed by atoms with Gasteiger partial charge in [-0.15, -0.1) is 0 Å². The lowest BCUT2D eigenvalue weighted by Crippen LogP contribution is -2.45. The van der Waals surface area contributed by atoms with Crippen molar-refractivity contribution in [2.45, 2.75) is 19.4 Å². The number of amides is 2. The van der Waals surface area contributed by atoms with E-state index in [9.17, 15) is 26.8 Å². The molecule has 0 radical (unpaired) electrons. The number of nitrogens with one attached hydrogen (secondary N) is 2. The molecule has 0 spiro atoms. The summed E-state index contributed by atoms with van der Waals surface area (Å²) in [4.78, 5) is 26.0. The number of carbonyl (C=O) groups is 2. The SMILES string of the molecule is COc1ccc(CCNC(=O)c2ccccc2NC(=O)[C@@H](C)N(c2ccc(F)c(F)c2)S(C)(=O)=O)cc1OC. The van der Waals surface area contributed by atoms with Crippen molar-refractivity contribution < 1.29 is 36.3 Å². The van der Waals surface area contributed by atoms with Crippen molar-refractivity contribution in [1.82, 2.24) is 5.32 Å². The van der Waals surface area contributed by atoms with E-state index in [1.54, 1.807) is 24.3 Å². The van der Waals surface area contributed by atoms with Crippen LogP contribution in [-0.2, 0) is 21.2 Å². The molecule has 9 nitrogen and oxygen atoms in total. The summed E-state index contributed by atoms with van der Waals surface area (Å²) in [5.74, 6) is -2.51. The molecule has 0 saturated carbocycles. The molecule has 0 saturated heterocycles. The summed E-state index contributed by atoms with van der Waals surface area (Å²) in [6.45, 7) is 1.58. The molecule has 208 valence electrons. The second kappa shape index (κ2) is 12.6. The number of nitrogens with zero attached hydrogens (tertiary/aromatic N) is 1. The minimum absolute atomic E-state index is 0.150. The molecule has 39 heavy (non-hydrogen) atoms. The number of benzene rings is 3. The van der Waals surface area contributed by atoms with Crippen molar-refractivity contribution >= 4 is 33.2 Å². The van der Waals surface area contributed by atoms with E-state index in [1.165, 1.54) is 33.3 Å². The van der Waals surface area contributed by atoms with Crippen LogP contribution in [0, 0.1) is 11.6 Å². The van der Waals surface area contributed by atoms with E-state index in [4.69, 9.17) is 9.47 Å². The Labute approximate surface area is 225 Å². The second-order valence-corrected chi connectivity index (χ2v) is 10.4. The molecular formula is C27H29F2N3O6S. The molecule has 0 aromatic heterocycles. The van der Waals surface area contributed by atoms with Gasteiger partial charge in [0.1, 0.15) is 6.04 Å². The first-order valence-corrected chi connectivity index (χ1v) is 13.6. The van der Waals surface area contributed by atoms with Crippen molar-refractivity contribution in [1.29, 1.82) is 0 Å². The molecule has 2 amide bonds. The zero-order chi connectivity index (χ0) is 28.7. The summed E-state index contributed by atoms with van der Waals surface area (Å²) in [5, 5.41) is 5.37. The Morgan fingerprint density at radius 2 is 1.64 bits per heavy atom. The zero-order valence-electron chi connectivity index (χ0n) is 21.8. The fourth-order valence-corrected chi connectivity index (χ4v) is 5.08.